The fraction of sp³-hybridized carbons (Fsp3) is 0.583. The molecule has 17 heavy (non-hydrogen) atoms. The molecule has 0 saturated heterocycles. The largest absolute Gasteiger partial charge is 0.364 e. The maximum absolute atomic E-state index is 11.7. The molecule has 1 saturated carbocycles. The summed E-state index contributed by atoms with van der Waals surface area (Å²) in [7, 11) is 0. The van der Waals surface area contributed by atoms with Crippen LogP contribution in [0.2, 0.25) is 0 Å². The summed E-state index contributed by atoms with van der Waals surface area (Å²) in [5, 5.41) is 15.4. The van der Waals surface area contributed by atoms with Crippen LogP contribution in [0.25, 0.3) is 0 Å². The van der Waals surface area contributed by atoms with Gasteiger partial charge in [0, 0.05) is 6.07 Å². The fourth-order valence-corrected chi connectivity index (χ4v) is 2.27. The minimum absolute atomic E-state index is 0.223. The number of aromatic nitrogens is 1. The van der Waals surface area contributed by atoms with Gasteiger partial charge in [0.1, 0.15) is 12.3 Å². The van der Waals surface area contributed by atoms with Gasteiger partial charge in [0.25, 0.3) is 5.91 Å². The predicted molar refractivity (Wildman–Crippen MR) is 59.9 cm³/mol. The normalized spacial score (nSPS) is 18.3. The second-order valence-corrected chi connectivity index (χ2v) is 4.36. The van der Waals surface area contributed by atoms with E-state index < -0.39 is 6.04 Å². The van der Waals surface area contributed by atoms with Gasteiger partial charge in [-0.15, -0.1) is 0 Å². The minimum Gasteiger partial charge on any atom is -0.364 e. The molecule has 1 heterocycles. The van der Waals surface area contributed by atoms with Crippen molar-refractivity contribution in [1.82, 2.24) is 10.5 Å². The number of amides is 1. The van der Waals surface area contributed by atoms with Crippen molar-refractivity contribution in [1.29, 1.82) is 5.26 Å². The van der Waals surface area contributed by atoms with E-state index in [-0.39, 0.29) is 17.5 Å². The lowest BCUT2D eigenvalue weighted by Crippen LogP contribution is -2.40. The molecule has 5 heteroatoms. The molecule has 1 aliphatic carbocycles. The summed E-state index contributed by atoms with van der Waals surface area (Å²) < 4.78 is 4.60. The third kappa shape index (κ3) is 2.84. The fourth-order valence-electron chi connectivity index (χ4n) is 2.27. The zero-order chi connectivity index (χ0) is 12.1. The summed E-state index contributed by atoms with van der Waals surface area (Å²) in [6.07, 6.45) is 6.88. The molecule has 90 valence electrons. The summed E-state index contributed by atoms with van der Waals surface area (Å²) in [4.78, 5) is 11.7. The van der Waals surface area contributed by atoms with E-state index in [4.69, 9.17) is 5.26 Å². The summed E-state index contributed by atoms with van der Waals surface area (Å²) in [5.74, 6) is -0.0690. The molecule has 1 amide bonds. The second kappa shape index (κ2) is 5.48. The molecular formula is C12H15N3O2. The third-order valence-corrected chi connectivity index (χ3v) is 3.22. The number of hydrogen-bond acceptors (Lipinski definition) is 4. The summed E-state index contributed by atoms with van der Waals surface area (Å²) in [6.45, 7) is 0. The molecule has 1 aromatic heterocycles. The topological polar surface area (TPSA) is 78.9 Å². The molecule has 0 aliphatic heterocycles. The Labute approximate surface area is 99.8 Å². The van der Waals surface area contributed by atoms with E-state index in [9.17, 15) is 4.79 Å². The highest BCUT2D eigenvalue weighted by atomic mass is 16.5. The molecule has 1 aromatic rings. The first-order chi connectivity index (χ1) is 8.31. The Morgan fingerprint density at radius 2 is 2.29 bits per heavy atom. The number of hydrogen-bond donors (Lipinski definition) is 1. The van der Waals surface area contributed by atoms with Crippen LogP contribution in [-0.2, 0) is 0 Å². The van der Waals surface area contributed by atoms with Gasteiger partial charge in [0.15, 0.2) is 5.69 Å². The van der Waals surface area contributed by atoms with Gasteiger partial charge in [-0.2, -0.15) is 5.26 Å². The standard InChI is InChI=1S/C12H15N3O2/c13-8-11(9-4-2-1-3-5-9)14-12(16)10-6-7-17-15-10/h6-7,9,11H,1-5H2,(H,14,16). The molecule has 1 N–H and O–H groups in total. The van der Waals surface area contributed by atoms with Crippen molar-refractivity contribution < 1.29 is 9.32 Å². The van der Waals surface area contributed by atoms with Crippen molar-refractivity contribution in [3.05, 3.63) is 18.0 Å². The van der Waals surface area contributed by atoms with Gasteiger partial charge in [-0.05, 0) is 18.8 Å². The molecular weight excluding hydrogens is 218 g/mol. The number of rotatable bonds is 3. The zero-order valence-electron chi connectivity index (χ0n) is 9.56. The molecule has 2 rings (SSSR count). The van der Waals surface area contributed by atoms with Crippen molar-refractivity contribution in [2.75, 3.05) is 0 Å². The highest BCUT2D eigenvalue weighted by Crippen LogP contribution is 2.26. The first kappa shape index (κ1) is 11.6. The minimum atomic E-state index is -0.417. The molecule has 0 spiro atoms. The molecule has 1 atom stereocenters. The maximum atomic E-state index is 11.7. The molecule has 1 unspecified atom stereocenters. The molecule has 1 aliphatic rings. The van der Waals surface area contributed by atoms with Crippen molar-refractivity contribution in [2.45, 2.75) is 38.1 Å². The van der Waals surface area contributed by atoms with E-state index in [2.05, 4.69) is 21.1 Å². The lowest BCUT2D eigenvalue weighted by atomic mass is 9.84. The predicted octanol–water partition coefficient (Wildman–Crippen LogP) is 1.88. The highest BCUT2D eigenvalue weighted by molar-refractivity contribution is 5.92. The Bertz CT molecular complexity index is 402. The van der Waals surface area contributed by atoms with Gasteiger partial charge >= 0.3 is 0 Å². The molecule has 0 radical (unpaired) electrons. The second-order valence-electron chi connectivity index (χ2n) is 4.36. The van der Waals surface area contributed by atoms with Crippen LogP contribution in [-0.4, -0.2) is 17.1 Å². The van der Waals surface area contributed by atoms with Crippen LogP contribution >= 0.6 is 0 Å². The highest BCUT2D eigenvalue weighted by Gasteiger charge is 2.25. The summed E-state index contributed by atoms with van der Waals surface area (Å²) in [5.41, 5.74) is 0.223. The van der Waals surface area contributed by atoms with E-state index in [1.54, 1.807) is 0 Å². The quantitative estimate of drug-likeness (QED) is 0.864. The van der Waals surface area contributed by atoms with Gasteiger partial charge in [-0.3, -0.25) is 4.79 Å². The first-order valence-electron chi connectivity index (χ1n) is 5.92. The van der Waals surface area contributed by atoms with Crippen LogP contribution in [0.1, 0.15) is 42.6 Å². The smallest absolute Gasteiger partial charge is 0.274 e. The van der Waals surface area contributed by atoms with Crippen molar-refractivity contribution >= 4 is 5.91 Å². The molecule has 0 aromatic carbocycles. The Balaban J connectivity index is 1.95. The zero-order valence-corrected chi connectivity index (χ0v) is 9.56. The molecule has 1 fully saturated rings. The van der Waals surface area contributed by atoms with Crippen LogP contribution in [0.3, 0.4) is 0 Å². The number of carbonyl (C=O) groups is 1. The van der Waals surface area contributed by atoms with Gasteiger partial charge in [0.2, 0.25) is 0 Å². The lowest BCUT2D eigenvalue weighted by molar-refractivity contribution is 0.0919. The lowest BCUT2D eigenvalue weighted by Gasteiger charge is -2.25. The number of carbonyl (C=O) groups excluding carboxylic acids is 1. The maximum Gasteiger partial charge on any atom is 0.274 e. The van der Waals surface area contributed by atoms with Crippen LogP contribution in [0.4, 0.5) is 0 Å². The van der Waals surface area contributed by atoms with Gasteiger partial charge in [-0.25, -0.2) is 0 Å². The van der Waals surface area contributed by atoms with Crippen LogP contribution in [0.15, 0.2) is 16.9 Å². The van der Waals surface area contributed by atoms with Gasteiger partial charge in [-0.1, -0.05) is 24.4 Å². The van der Waals surface area contributed by atoms with Gasteiger partial charge < -0.3 is 9.84 Å². The molecule has 5 nitrogen and oxygen atoms in total. The van der Waals surface area contributed by atoms with Crippen LogP contribution < -0.4 is 5.32 Å². The Morgan fingerprint density at radius 3 is 2.88 bits per heavy atom. The van der Waals surface area contributed by atoms with E-state index in [1.165, 1.54) is 18.8 Å². The van der Waals surface area contributed by atoms with Crippen LogP contribution in [0.5, 0.6) is 0 Å². The Morgan fingerprint density at radius 1 is 1.53 bits per heavy atom. The van der Waals surface area contributed by atoms with Gasteiger partial charge in [0.05, 0.1) is 6.07 Å². The van der Waals surface area contributed by atoms with Crippen molar-refractivity contribution in [3.8, 4) is 6.07 Å². The Kier molecular flexibility index (Phi) is 3.76. The van der Waals surface area contributed by atoms with E-state index in [1.807, 2.05) is 0 Å². The van der Waals surface area contributed by atoms with E-state index in [0.29, 0.717) is 0 Å². The summed E-state index contributed by atoms with van der Waals surface area (Å²) >= 11 is 0. The van der Waals surface area contributed by atoms with Crippen molar-refractivity contribution in [2.24, 2.45) is 5.92 Å². The first-order valence-corrected chi connectivity index (χ1v) is 5.92. The Hall–Kier alpha value is -1.83. The van der Waals surface area contributed by atoms with E-state index in [0.717, 1.165) is 25.7 Å². The summed E-state index contributed by atoms with van der Waals surface area (Å²) in [6, 6.07) is 3.25. The number of nitriles is 1. The number of nitrogens with one attached hydrogen (secondary N) is 1. The van der Waals surface area contributed by atoms with E-state index >= 15 is 0 Å². The van der Waals surface area contributed by atoms with Crippen LogP contribution in [0, 0.1) is 17.2 Å². The average molecular weight is 233 g/mol. The average Bonchev–Trinajstić information content (AvgIpc) is 2.90. The monoisotopic (exact) mass is 233 g/mol. The molecule has 0 bridgehead atoms. The SMILES string of the molecule is N#CC(NC(=O)c1ccon1)C1CCCCC1. The number of nitrogens with zero attached hydrogens (tertiary/aromatic N) is 2. The third-order valence-electron chi connectivity index (χ3n) is 3.22. The van der Waals surface area contributed by atoms with Crippen molar-refractivity contribution in [3.63, 3.8) is 0 Å².